The highest BCUT2D eigenvalue weighted by Gasteiger charge is 2.16. The monoisotopic (exact) mass is 293 g/mol. The van der Waals surface area contributed by atoms with Crippen molar-refractivity contribution >= 4 is 22.8 Å². The minimum atomic E-state index is 0.379. The molecule has 106 valence electrons. The highest BCUT2D eigenvalue weighted by atomic mass is 35.5. The molecular weight excluding hydrogens is 278 g/mol. The van der Waals surface area contributed by atoms with E-state index in [9.17, 15) is 0 Å². The molecule has 0 aliphatic rings. The summed E-state index contributed by atoms with van der Waals surface area (Å²) < 4.78 is 5.65. The number of rotatable bonds is 4. The first-order valence-corrected chi connectivity index (χ1v) is 6.92. The van der Waals surface area contributed by atoms with Crippen LogP contribution < -0.4 is 0 Å². The summed E-state index contributed by atoms with van der Waals surface area (Å²) in [5, 5.41) is 8.69. The van der Waals surface area contributed by atoms with E-state index in [4.69, 9.17) is 11.6 Å². The molecule has 0 N–H and O–H groups in total. The zero-order chi connectivity index (χ0) is 14.3. The molecule has 0 unspecified atom stereocenters. The predicted octanol–water partition coefficient (Wildman–Crippen LogP) is 1.19. The maximum atomic E-state index is 6.00. The molecule has 0 spiro atoms. The van der Waals surface area contributed by atoms with Crippen LogP contribution in [-0.4, -0.2) is 34.1 Å². The molecule has 0 aliphatic heterocycles. The number of fused-ring (bicyclic) bond motifs is 1. The molecule has 0 saturated carbocycles. The van der Waals surface area contributed by atoms with Crippen molar-refractivity contribution in [2.24, 2.45) is 14.1 Å². The van der Waals surface area contributed by atoms with Crippen LogP contribution in [0.15, 0.2) is 6.33 Å². The van der Waals surface area contributed by atoms with Crippen LogP contribution in [0.5, 0.6) is 0 Å². The standard InChI is InChI=1S/C12H16ClN7/c1-8-11-12(19(3)16-8)20(10(6-13)15-11)5-4-9-14-7-18(2)17-9/h7H,4-6H2,1-3H3. The number of aryl methyl sites for hydroxylation is 5. The highest BCUT2D eigenvalue weighted by Crippen LogP contribution is 2.20. The lowest BCUT2D eigenvalue weighted by atomic mass is 10.4. The van der Waals surface area contributed by atoms with Crippen LogP contribution >= 0.6 is 11.6 Å². The van der Waals surface area contributed by atoms with E-state index in [1.165, 1.54) is 0 Å². The van der Waals surface area contributed by atoms with Gasteiger partial charge < -0.3 is 4.57 Å². The van der Waals surface area contributed by atoms with Crippen molar-refractivity contribution in [1.82, 2.24) is 34.1 Å². The fourth-order valence-corrected chi connectivity index (χ4v) is 2.63. The Kier molecular flexibility index (Phi) is 3.21. The van der Waals surface area contributed by atoms with Crippen molar-refractivity contribution in [3.63, 3.8) is 0 Å². The van der Waals surface area contributed by atoms with Crippen LogP contribution in [0, 0.1) is 6.92 Å². The van der Waals surface area contributed by atoms with E-state index in [1.807, 2.05) is 25.7 Å². The summed E-state index contributed by atoms with van der Waals surface area (Å²) in [5.74, 6) is 2.05. The Bertz CT molecular complexity index is 751. The second kappa shape index (κ2) is 4.90. The molecule has 0 amide bonds. The maximum Gasteiger partial charge on any atom is 0.158 e. The predicted molar refractivity (Wildman–Crippen MR) is 75.5 cm³/mol. The third kappa shape index (κ3) is 2.07. The second-order valence-electron chi connectivity index (χ2n) is 4.78. The van der Waals surface area contributed by atoms with E-state index in [0.717, 1.165) is 41.5 Å². The van der Waals surface area contributed by atoms with Crippen LogP contribution in [0.25, 0.3) is 11.2 Å². The molecule has 3 heterocycles. The van der Waals surface area contributed by atoms with Gasteiger partial charge in [0.2, 0.25) is 0 Å². The molecule has 0 aromatic carbocycles. The van der Waals surface area contributed by atoms with Crippen molar-refractivity contribution in [3.8, 4) is 0 Å². The van der Waals surface area contributed by atoms with Crippen LogP contribution in [0.2, 0.25) is 0 Å². The first-order valence-electron chi connectivity index (χ1n) is 6.39. The average Bonchev–Trinajstić information content (AvgIpc) is 3.05. The van der Waals surface area contributed by atoms with Crippen LogP contribution in [0.3, 0.4) is 0 Å². The van der Waals surface area contributed by atoms with E-state index < -0.39 is 0 Å². The molecule has 0 fully saturated rings. The quantitative estimate of drug-likeness (QED) is 0.678. The summed E-state index contributed by atoms with van der Waals surface area (Å²) in [6.45, 7) is 2.69. The van der Waals surface area contributed by atoms with Gasteiger partial charge in [0, 0.05) is 27.1 Å². The Hall–Kier alpha value is -1.89. The van der Waals surface area contributed by atoms with E-state index >= 15 is 0 Å². The molecule has 20 heavy (non-hydrogen) atoms. The van der Waals surface area contributed by atoms with Crippen molar-refractivity contribution in [1.29, 1.82) is 0 Å². The van der Waals surface area contributed by atoms with Crippen LogP contribution in [0.4, 0.5) is 0 Å². The van der Waals surface area contributed by atoms with Gasteiger partial charge in [-0.3, -0.25) is 9.36 Å². The Balaban J connectivity index is 1.96. The van der Waals surface area contributed by atoms with Gasteiger partial charge >= 0.3 is 0 Å². The zero-order valence-electron chi connectivity index (χ0n) is 11.7. The summed E-state index contributed by atoms with van der Waals surface area (Å²) in [6.07, 6.45) is 2.44. The molecule has 3 aromatic rings. The van der Waals surface area contributed by atoms with Crippen molar-refractivity contribution in [2.45, 2.75) is 25.8 Å². The molecular formula is C12H16ClN7. The molecule has 0 radical (unpaired) electrons. The summed E-state index contributed by atoms with van der Waals surface area (Å²) in [5.41, 5.74) is 2.83. The molecule has 3 rings (SSSR count). The van der Waals surface area contributed by atoms with E-state index in [-0.39, 0.29) is 0 Å². The number of hydrogen-bond acceptors (Lipinski definition) is 4. The van der Waals surface area contributed by atoms with Gasteiger partial charge in [0.05, 0.1) is 11.6 Å². The number of hydrogen-bond donors (Lipinski definition) is 0. The first kappa shape index (κ1) is 13.1. The molecule has 3 aromatic heterocycles. The second-order valence-corrected chi connectivity index (χ2v) is 5.05. The number of nitrogens with zero attached hydrogens (tertiary/aromatic N) is 7. The Morgan fingerprint density at radius 1 is 1.25 bits per heavy atom. The first-order chi connectivity index (χ1) is 9.60. The maximum absolute atomic E-state index is 6.00. The summed E-state index contributed by atoms with van der Waals surface area (Å²) in [4.78, 5) is 8.81. The molecule has 7 nitrogen and oxygen atoms in total. The van der Waals surface area contributed by atoms with E-state index in [1.54, 1.807) is 11.0 Å². The van der Waals surface area contributed by atoms with Crippen LogP contribution in [0.1, 0.15) is 17.3 Å². The van der Waals surface area contributed by atoms with Gasteiger partial charge in [0.1, 0.15) is 17.7 Å². The van der Waals surface area contributed by atoms with Gasteiger partial charge in [-0.05, 0) is 6.92 Å². The topological polar surface area (TPSA) is 66.3 Å². The summed E-state index contributed by atoms with van der Waals surface area (Å²) in [6, 6.07) is 0. The van der Waals surface area contributed by atoms with Gasteiger partial charge in [0.15, 0.2) is 11.5 Å². The fourth-order valence-electron chi connectivity index (χ4n) is 2.43. The molecule has 0 atom stereocenters. The normalized spacial score (nSPS) is 11.6. The fraction of sp³-hybridized carbons (Fsp3) is 0.500. The zero-order valence-corrected chi connectivity index (χ0v) is 12.5. The van der Waals surface area contributed by atoms with Crippen LogP contribution in [-0.2, 0) is 32.9 Å². The summed E-state index contributed by atoms with van der Waals surface area (Å²) >= 11 is 6.00. The lowest BCUT2D eigenvalue weighted by Gasteiger charge is -2.06. The molecule has 0 aliphatic carbocycles. The molecule has 0 bridgehead atoms. The Morgan fingerprint density at radius 2 is 2.05 bits per heavy atom. The van der Waals surface area contributed by atoms with Gasteiger partial charge in [-0.25, -0.2) is 9.97 Å². The van der Waals surface area contributed by atoms with Gasteiger partial charge in [0.25, 0.3) is 0 Å². The van der Waals surface area contributed by atoms with Crippen molar-refractivity contribution < 1.29 is 0 Å². The molecule has 0 saturated heterocycles. The number of halogens is 1. The number of alkyl halides is 1. The third-order valence-electron chi connectivity index (χ3n) is 3.29. The largest absolute Gasteiger partial charge is 0.311 e. The van der Waals surface area contributed by atoms with Gasteiger partial charge in [-0.15, -0.1) is 11.6 Å². The SMILES string of the molecule is Cc1nn(C)c2c1nc(CCl)n2CCc1ncn(C)n1. The Labute approximate surface area is 121 Å². The van der Waals surface area contributed by atoms with Crippen molar-refractivity contribution in [3.05, 3.63) is 23.7 Å². The lowest BCUT2D eigenvalue weighted by molar-refractivity contribution is 0.630. The highest BCUT2D eigenvalue weighted by molar-refractivity contribution is 6.16. The van der Waals surface area contributed by atoms with Gasteiger partial charge in [-0.2, -0.15) is 10.2 Å². The third-order valence-corrected chi connectivity index (χ3v) is 3.53. The minimum absolute atomic E-state index is 0.379. The van der Waals surface area contributed by atoms with Crippen molar-refractivity contribution in [2.75, 3.05) is 0 Å². The summed E-state index contributed by atoms with van der Waals surface area (Å²) in [7, 11) is 3.78. The van der Waals surface area contributed by atoms with E-state index in [2.05, 4.69) is 24.7 Å². The molecule has 8 heteroatoms. The van der Waals surface area contributed by atoms with E-state index in [0.29, 0.717) is 5.88 Å². The average molecular weight is 294 g/mol. The number of aromatic nitrogens is 7. The minimum Gasteiger partial charge on any atom is -0.311 e. The van der Waals surface area contributed by atoms with Gasteiger partial charge in [-0.1, -0.05) is 0 Å². The number of imidazole rings is 1. The smallest absolute Gasteiger partial charge is 0.158 e. The Morgan fingerprint density at radius 3 is 2.70 bits per heavy atom. The lowest BCUT2D eigenvalue weighted by Crippen LogP contribution is -2.09.